The topological polar surface area (TPSA) is 78.3 Å². The SMILES string of the molecule is COc1ccc(NC(=O)c2c(C)nn(-c3ccccc3)c2C)cc1OCc1ccncc1. The third-order valence-corrected chi connectivity index (χ3v) is 5.08. The van der Waals surface area contributed by atoms with Gasteiger partial charge in [-0.25, -0.2) is 4.68 Å². The molecule has 0 fully saturated rings. The predicted molar refractivity (Wildman–Crippen MR) is 123 cm³/mol. The number of amides is 1. The Morgan fingerprint density at radius 1 is 1.00 bits per heavy atom. The first kappa shape index (κ1) is 21.1. The third-order valence-electron chi connectivity index (χ3n) is 5.08. The van der Waals surface area contributed by atoms with Crippen LogP contribution >= 0.6 is 0 Å². The number of ether oxygens (including phenoxy) is 2. The van der Waals surface area contributed by atoms with E-state index in [9.17, 15) is 4.79 Å². The smallest absolute Gasteiger partial charge is 0.259 e. The van der Waals surface area contributed by atoms with Crippen molar-refractivity contribution in [3.05, 3.63) is 95.6 Å². The lowest BCUT2D eigenvalue weighted by atomic mass is 10.1. The van der Waals surface area contributed by atoms with E-state index in [0.29, 0.717) is 35.1 Å². The van der Waals surface area contributed by atoms with Gasteiger partial charge in [0.15, 0.2) is 11.5 Å². The zero-order chi connectivity index (χ0) is 22.5. The average molecular weight is 428 g/mol. The van der Waals surface area contributed by atoms with Crippen molar-refractivity contribution in [2.45, 2.75) is 20.5 Å². The molecule has 4 rings (SSSR count). The number of benzene rings is 2. The molecule has 0 aliphatic rings. The van der Waals surface area contributed by atoms with Crippen molar-refractivity contribution in [2.75, 3.05) is 12.4 Å². The predicted octanol–water partition coefficient (Wildman–Crippen LogP) is 4.72. The number of aryl methyl sites for hydroxylation is 1. The highest BCUT2D eigenvalue weighted by molar-refractivity contribution is 6.06. The van der Waals surface area contributed by atoms with Crippen LogP contribution < -0.4 is 14.8 Å². The summed E-state index contributed by atoms with van der Waals surface area (Å²) in [5.74, 6) is 0.893. The van der Waals surface area contributed by atoms with Crippen molar-refractivity contribution in [3.63, 3.8) is 0 Å². The summed E-state index contributed by atoms with van der Waals surface area (Å²) in [4.78, 5) is 17.1. The number of pyridine rings is 1. The molecule has 0 saturated heterocycles. The fraction of sp³-hybridized carbons (Fsp3) is 0.160. The molecule has 2 heterocycles. The van der Waals surface area contributed by atoms with Crippen LogP contribution in [-0.4, -0.2) is 27.8 Å². The number of anilines is 1. The molecule has 0 spiro atoms. The fourth-order valence-corrected chi connectivity index (χ4v) is 3.49. The minimum atomic E-state index is -0.229. The summed E-state index contributed by atoms with van der Waals surface area (Å²) in [5, 5.41) is 7.51. The molecule has 1 N–H and O–H groups in total. The number of carbonyl (C=O) groups excluding carboxylic acids is 1. The molecule has 0 radical (unpaired) electrons. The van der Waals surface area contributed by atoms with E-state index >= 15 is 0 Å². The van der Waals surface area contributed by atoms with E-state index < -0.39 is 0 Å². The van der Waals surface area contributed by atoms with Crippen LogP contribution in [0.5, 0.6) is 11.5 Å². The molecule has 0 bridgehead atoms. The maximum absolute atomic E-state index is 13.1. The first-order valence-corrected chi connectivity index (χ1v) is 10.2. The minimum absolute atomic E-state index is 0.229. The Morgan fingerprint density at radius 3 is 2.47 bits per heavy atom. The Hall–Kier alpha value is -4.13. The maximum Gasteiger partial charge on any atom is 0.259 e. The molecule has 162 valence electrons. The third kappa shape index (κ3) is 4.46. The number of nitrogens with zero attached hydrogens (tertiary/aromatic N) is 3. The van der Waals surface area contributed by atoms with Crippen molar-refractivity contribution >= 4 is 11.6 Å². The molecule has 32 heavy (non-hydrogen) atoms. The number of nitrogens with one attached hydrogen (secondary N) is 1. The van der Waals surface area contributed by atoms with Crippen LogP contribution in [0.4, 0.5) is 5.69 Å². The number of methoxy groups -OCH3 is 1. The molecule has 1 amide bonds. The highest BCUT2D eigenvalue weighted by atomic mass is 16.5. The second-order valence-corrected chi connectivity index (χ2v) is 7.26. The lowest BCUT2D eigenvalue weighted by Gasteiger charge is -2.13. The fourth-order valence-electron chi connectivity index (χ4n) is 3.49. The zero-order valence-electron chi connectivity index (χ0n) is 18.2. The molecule has 0 saturated carbocycles. The molecular formula is C25H24N4O3. The van der Waals surface area contributed by atoms with E-state index in [1.165, 1.54) is 0 Å². The lowest BCUT2D eigenvalue weighted by molar-refractivity contribution is 0.102. The normalized spacial score (nSPS) is 10.6. The first-order chi connectivity index (χ1) is 15.6. The molecule has 7 heteroatoms. The standard InChI is InChI=1S/C25H24N4O3/c1-17-24(18(2)29(28-17)21-7-5-4-6-8-21)25(30)27-20-9-10-22(31-3)23(15-20)32-16-19-11-13-26-14-12-19/h4-15H,16H2,1-3H3,(H,27,30). The van der Waals surface area contributed by atoms with Crippen LogP contribution in [-0.2, 0) is 6.61 Å². The molecular weight excluding hydrogens is 404 g/mol. The number of hydrogen-bond acceptors (Lipinski definition) is 5. The summed E-state index contributed by atoms with van der Waals surface area (Å²) in [6.45, 7) is 4.08. The first-order valence-electron chi connectivity index (χ1n) is 10.2. The van der Waals surface area contributed by atoms with E-state index in [4.69, 9.17) is 9.47 Å². The molecule has 4 aromatic rings. The number of aromatic nitrogens is 3. The van der Waals surface area contributed by atoms with Gasteiger partial charge < -0.3 is 14.8 Å². The molecule has 7 nitrogen and oxygen atoms in total. The lowest BCUT2D eigenvalue weighted by Crippen LogP contribution is -2.14. The second-order valence-electron chi connectivity index (χ2n) is 7.26. The highest BCUT2D eigenvalue weighted by Crippen LogP contribution is 2.31. The Labute approximate surface area is 186 Å². The van der Waals surface area contributed by atoms with E-state index in [-0.39, 0.29) is 5.91 Å². The monoisotopic (exact) mass is 428 g/mol. The quantitative estimate of drug-likeness (QED) is 0.461. The number of carbonyl (C=O) groups is 1. The molecule has 0 unspecified atom stereocenters. The minimum Gasteiger partial charge on any atom is -0.493 e. The van der Waals surface area contributed by atoms with E-state index in [1.54, 1.807) is 42.4 Å². The second kappa shape index (κ2) is 9.34. The summed E-state index contributed by atoms with van der Waals surface area (Å²) in [6, 6.07) is 18.8. The van der Waals surface area contributed by atoms with Gasteiger partial charge in [-0.2, -0.15) is 5.10 Å². The van der Waals surface area contributed by atoms with Crippen LogP contribution in [0.3, 0.4) is 0 Å². The van der Waals surface area contributed by atoms with Crippen molar-refractivity contribution in [1.29, 1.82) is 0 Å². The van der Waals surface area contributed by atoms with Gasteiger partial charge in [-0.1, -0.05) is 18.2 Å². The summed E-state index contributed by atoms with van der Waals surface area (Å²) in [6.07, 6.45) is 3.43. The van der Waals surface area contributed by atoms with Gasteiger partial charge in [0.05, 0.1) is 29.7 Å². The van der Waals surface area contributed by atoms with E-state index in [2.05, 4.69) is 15.4 Å². The van der Waals surface area contributed by atoms with Crippen molar-refractivity contribution < 1.29 is 14.3 Å². The van der Waals surface area contributed by atoms with Gasteiger partial charge >= 0.3 is 0 Å². The summed E-state index contributed by atoms with van der Waals surface area (Å²) >= 11 is 0. The number of hydrogen-bond donors (Lipinski definition) is 1. The highest BCUT2D eigenvalue weighted by Gasteiger charge is 2.20. The number of rotatable bonds is 7. The molecule has 2 aromatic heterocycles. The zero-order valence-corrected chi connectivity index (χ0v) is 18.2. The summed E-state index contributed by atoms with van der Waals surface area (Å²) < 4.78 is 13.1. The molecule has 0 aliphatic carbocycles. The van der Waals surface area contributed by atoms with Crippen LogP contribution in [0, 0.1) is 13.8 Å². The van der Waals surface area contributed by atoms with Crippen LogP contribution in [0.2, 0.25) is 0 Å². The van der Waals surface area contributed by atoms with Crippen LogP contribution in [0.15, 0.2) is 73.1 Å². The van der Waals surface area contributed by atoms with Crippen molar-refractivity contribution in [2.24, 2.45) is 0 Å². The van der Waals surface area contributed by atoms with Gasteiger partial charge in [0.2, 0.25) is 0 Å². The van der Waals surface area contributed by atoms with Crippen LogP contribution in [0.1, 0.15) is 27.3 Å². The summed E-state index contributed by atoms with van der Waals surface area (Å²) in [7, 11) is 1.58. The molecule has 0 aliphatic heterocycles. The Kier molecular flexibility index (Phi) is 6.17. The van der Waals surface area contributed by atoms with Gasteiger partial charge in [-0.15, -0.1) is 0 Å². The van der Waals surface area contributed by atoms with Crippen molar-refractivity contribution in [1.82, 2.24) is 14.8 Å². The molecule has 0 atom stereocenters. The van der Waals surface area contributed by atoms with Gasteiger partial charge in [0.25, 0.3) is 5.91 Å². The maximum atomic E-state index is 13.1. The largest absolute Gasteiger partial charge is 0.493 e. The van der Waals surface area contributed by atoms with Crippen molar-refractivity contribution in [3.8, 4) is 17.2 Å². The van der Waals surface area contributed by atoms with Crippen LogP contribution in [0.25, 0.3) is 5.69 Å². The average Bonchev–Trinajstić information content (AvgIpc) is 3.13. The van der Waals surface area contributed by atoms with E-state index in [0.717, 1.165) is 16.9 Å². The van der Waals surface area contributed by atoms with Gasteiger partial charge in [0.1, 0.15) is 6.61 Å². The number of para-hydroxylation sites is 1. The Balaban J connectivity index is 1.55. The summed E-state index contributed by atoms with van der Waals surface area (Å²) in [5.41, 5.74) is 4.47. The Bertz CT molecular complexity index is 1220. The Morgan fingerprint density at radius 2 is 1.75 bits per heavy atom. The van der Waals surface area contributed by atoms with Gasteiger partial charge in [-0.3, -0.25) is 9.78 Å². The molecule has 2 aromatic carbocycles. The van der Waals surface area contributed by atoms with Gasteiger partial charge in [0, 0.05) is 24.1 Å². The van der Waals surface area contributed by atoms with E-state index in [1.807, 2.05) is 56.3 Å². The van der Waals surface area contributed by atoms with Gasteiger partial charge in [-0.05, 0) is 55.8 Å².